The Balaban J connectivity index is 2.31. The number of pyridine rings is 1. The molecule has 4 nitrogen and oxygen atoms in total. The number of benzene rings is 1. The van der Waals surface area contributed by atoms with Crippen molar-refractivity contribution in [3.05, 3.63) is 36.5 Å². The average Bonchev–Trinajstić information content (AvgIpc) is 2.75. The smallest absolute Gasteiger partial charge is 0.200 e. The van der Waals surface area contributed by atoms with Gasteiger partial charge in [0.05, 0.1) is 5.52 Å². The molecule has 5 heteroatoms. The Labute approximate surface area is 96.0 Å². The first-order valence-electron chi connectivity index (χ1n) is 4.78. The number of nitrogen functional groups attached to an aromatic ring is 1. The normalized spacial score (nSPS) is 10.8. The highest BCUT2D eigenvalue weighted by atomic mass is 32.1. The van der Waals surface area contributed by atoms with Crippen molar-refractivity contribution >= 4 is 27.6 Å². The van der Waals surface area contributed by atoms with Gasteiger partial charge in [-0.25, -0.2) is 0 Å². The highest BCUT2D eigenvalue weighted by Crippen LogP contribution is 2.26. The summed E-state index contributed by atoms with van der Waals surface area (Å²) in [6.45, 7) is 0. The van der Waals surface area contributed by atoms with E-state index in [1.54, 1.807) is 6.20 Å². The van der Waals surface area contributed by atoms with Gasteiger partial charge in [-0.15, -0.1) is 0 Å². The summed E-state index contributed by atoms with van der Waals surface area (Å²) in [6.07, 6.45) is 1.77. The summed E-state index contributed by atoms with van der Waals surface area (Å²) in [4.78, 5) is 8.53. The van der Waals surface area contributed by atoms with Crippen molar-refractivity contribution in [1.29, 1.82) is 0 Å². The number of hydrogen-bond acceptors (Lipinski definition) is 5. The zero-order valence-corrected chi connectivity index (χ0v) is 9.11. The lowest BCUT2D eigenvalue weighted by molar-refractivity contribution is 1.32. The molecule has 2 aromatic heterocycles. The summed E-state index contributed by atoms with van der Waals surface area (Å²) in [6, 6.07) is 9.87. The fraction of sp³-hybridized carbons (Fsp3) is 0. The molecule has 0 aliphatic heterocycles. The Bertz CT molecular complexity index is 642. The molecule has 0 unspecified atom stereocenters. The number of rotatable bonds is 1. The lowest BCUT2D eigenvalue weighted by Gasteiger charge is -2.00. The molecule has 0 atom stereocenters. The van der Waals surface area contributed by atoms with Crippen molar-refractivity contribution in [1.82, 2.24) is 14.3 Å². The Morgan fingerprint density at radius 2 is 2.00 bits per heavy atom. The van der Waals surface area contributed by atoms with Crippen LogP contribution in [0.1, 0.15) is 0 Å². The fourth-order valence-corrected chi connectivity index (χ4v) is 2.08. The van der Waals surface area contributed by atoms with E-state index < -0.39 is 0 Å². The largest absolute Gasteiger partial charge is 0.374 e. The highest BCUT2D eigenvalue weighted by molar-refractivity contribution is 7.09. The summed E-state index contributed by atoms with van der Waals surface area (Å²) < 4.78 is 4.20. The van der Waals surface area contributed by atoms with E-state index in [-0.39, 0.29) is 0 Å². The van der Waals surface area contributed by atoms with Crippen LogP contribution >= 0.6 is 11.5 Å². The molecule has 0 radical (unpaired) electrons. The Hall–Kier alpha value is -2.01. The molecule has 0 aliphatic carbocycles. The minimum Gasteiger partial charge on any atom is -0.374 e. The second kappa shape index (κ2) is 3.53. The van der Waals surface area contributed by atoms with Crippen molar-refractivity contribution in [2.75, 3.05) is 5.73 Å². The molecule has 16 heavy (non-hydrogen) atoms. The minimum atomic E-state index is 0.475. The zero-order valence-electron chi connectivity index (χ0n) is 8.29. The van der Waals surface area contributed by atoms with Gasteiger partial charge < -0.3 is 5.73 Å². The van der Waals surface area contributed by atoms with E-state index in [0.29, 0.717) is 11.0 Å². The maximum Gasteiger partial charge on any atom is 0.200 e. The van der Waals surface area contributed by atoms with E-state index in [4.69, 9.17) is 5.73 Å². The number of anilines is 1. The quantitative estimate of drug-likeness (QED) is 0.694. The molecule has 0 aliphatic rings. The molecule has 0 fully saturated rings. The summed E-state index contributed by atoms with van der Waals surface area (Å²) in [7, 11) is 0. The minimum absolute atomic E-state index is 0.475. The molecule has 3 rings (SSSR count). The standard InChI is InChI=1S/C11H8N4S/c12-11-14-10(15-16-11)8-5-1-3-7-4-2-6-13-9(7)8/h1-6H,(H2,12,14,15). The van der Waals surface area contributed by atoms with Gasteiger partial charge in [-0.2, -0.15) is 9.36 Å². The lowest BCUT2D eigenvalue weighted by atomic mass is 10.1. The molecule has 0 saturated heterocycles. The van der Waals surface area contributed by atoms with E-state index >= 15 is 0 Å². The molecule has 2 heterocycles. The van der Waals surface area contributed by atoms with Gasteiger partial charge in [0.1, 0.15) is 0 Å². The highest BCUT2D eigenvalue weighted by Gasteiger charge is 2.08. The van der Waals surface area contributed by atoms with Crippen LogP contribution in [0.5, 0.6) is 0 Å². The number of nitrogens with two attached hydrogens (primary N) is 1. The SMILES string of the molecule is Nc1nc(-c2cccc3cccnc23)ns1. The number of fused-ring (bicyclic) bond motifs is 1. The summed E-state index contributed by atoms with van der Waals surface area (Å²) >= 11 is 1.20. The van der Waals surface area contributed by atoms with Crippen LogP contribution in [-0.2, 0) is 0 Å². The number of para-hydroxylation sites is 1. The van der Waals surface area contributed by atoms with Crippen molar-refractivity contribution in [2.45, 2.75) is 0 Å². The van der Waals surface area contributed by atoms with E-state index in [1.807, 2.05) is 30.3 Å². The number of nitrogens with zero attached hydrogens (tertiary/aromatic N) is 3. The predicted molar refractivity (Wildman–Crippen MR) is 65.1 cm³/mol. The topological polar surface area (TPSA) is 64.7 Å². The molecule has 1 aromatic carbocycles. The molecule has 0 spiro atoms. The van der Waals surface area contributed by atoms with Crippen LogP contribution in [0.4, 0.5) is 5.13 Å². The van der Waals surface area contributed by atoms with Gasteiger partial charge in [-0.3, -0.25) is 4.98 Å². The molecule has 78 valence electrons. The lowest BCUT2D eigenvalue weighted by Crippen LogP contribution is -1.87. The Kier molecular flexibility index (Phi) is 2.04. The van der Waals surface area contributed by atoms with E-state index in [9.17, 15) is 0 Å². The van der Waals surface area contributed by atoms with Crippen molar-refractivity contribution in [2.24, 2.45) is 0 Å². The van der Waals surface area contributed by atoms with Crippen LogP contribution in [0.3, 0.4) is 0 Å². The second-order valence-corrected chi connectivity index (χ2v) is 4.12. The summed E-state index contributed by atoms with van der Waals surface area (Å²) in [5, 5.41) is 1.55. The third-order valence-electron chi connectivity index (χ3n) is 2.32. The van der Waals surface area contributed by atoms with Crippen molar-refractivity contribution < 1.29 is 0 Å². The Morgan fingerprint density at radius 3 is 2.81 bits per heavy atom. The van der Waals surface area contributed by atoms with Gasteiger partial charge in [-0.1, -0.05) is 18.2 Å². The first kappa shape index (κ1) is 9.23. The zero-order chi connectivity index (χ0) is 11.0. The number of aromatic nitrogens is 3. The van der Waals surface area contributed by atoms with Crippen LogP contribution in [0.2, 0.25) is 0 Å². The summed E-state index contributed by atoms with van der Waals surface area (Å²) in [5.41, 5.74) is 7.41. The van der Waals surface area contributed by atoms with E-state index in [0.717, 1.165) is 16.5 Å². The molecule has 3 aromatic rings. The molecular formula is C11H8N4S. The van der Waals surface area contributed by atoms with Gasteiger partial charge >= 0.3 is 0 Å². The maximum atomic E-state index is 5.58. The van der Waals surface area contributed by atoms with Crippen LogP contribution in [-0.4, -0.2) is 14.3 Å². The second-order valence-electron chi connectivity index (χ2n) is 3.34. The monoisotopic (exact) mass is 228 g/mol. The first-order chi connectivity index (χ1) is 7.84. The van der Waals surface area contributed by atoms with E-state index in [1.165, 1.54) is 11.5 Å². The van der Waals surface area contributed by atoms with Gasteiger partial charge in [0, 0.05) is 28.7 Å². The molecule has 0 saturated carbocycles. The fourth-order valence-electron chi connectivity index (χ4n) is 1.63. The van der Waals surface area contributed by atoms with Crippen LogP contribution in [0.15, 0.2) is 36.5 Å². The van der Waals surface area contributed by atoms with Gasteiger partial charge in [0.2, 0.25) is 0 Å². The van der Waals surface area contributed by atoms with Crippen molar-refractivity contribution in [3.8, 4) is 11.4 Å². The maximum absolute atomic E-state index is 5.58. The van der Waals surface area contributed by atoms with Gasteiger partial charge in [-0.05, 0) is 12.1 Å². The summed E-state index contributed by atoms with van der Waals surface area (Å²) in [5.74, 6) is 0.645. The third-order valence-corrected chi connectivity index (χ3v) is 2.86. The Morgan fingerprint density at radius 1 is 1.12 bits per heavy atom. The molecule has 0 amide bonds. The average molecular weight is 228 g/mol. The molecule has 0 bridgehead atoms. The van der Waals surface area contributed by atoms with E-state index in [2.05, 4.69) is 14.3 Å². The van der Waals surface area contributed by atoms with Crippen molar-refractivity contribution in [3.63, 3.8) is 0 Å². The third kappa shape index (κ3) is 1.42. The molecule has 2 N–H and O–H groups in total. The predicted octanol–water partition coefficient (Wildman–Crippen LogP) is 2.34. The van der Waals surface area contributed by atoms with Crippen LogP contribution in [0, 0.1) is 0 Å². The van der Waals surface area contributed by atoms with Crippen LogP contribution in [0.25, 0.3) is 22.3 Å². The van der Waals surface area contributed by atoms with Crippen LogP contribution < -0.4 is 5.73 Å². The number of hydrogen-bond donors (Lipinski definition) is 1. The van der Waals surface area contributed by atoms with Gasteiger partial charge in [0.25, 0.3) is 0 Å². The van der Waals surface area contributed by atoms with Gasteiger partial charge in [0.15, 0.2) is 11.0 Å². The molecular weight excluding hydrogens is 220 g/mol. The first-order valence-corrected chi connectivity index (χ1v) is 5.55.